The Kier molecular flexibility index (Phi) is 5.21. The minimum Gasteiger partial charge on any atom is -0.377 e. The normalized spacial score (nSPS) is 29.8. The van der Waals surface area contributed by atoms with E-state index in [-0.39, 0.29) is 0 Å². The van der Waals surface area contributed by atoms with Crippen molar-refractivity contribution < 1.29 is 4.74 Å². The zero-order valence-corrected chi connectivity index (χ0v) is 10.3. The molecule has 1 aliphatic rings. The molecule has 0 N–H and O–H groups in total. The van der Waals surface area contributed by atoms with E-state index < -0.39 is 0 Å². The largest absolute Gasteiger partial charge is 0.377 e. The molecule has 2 unspecified atom stereocenters. The first-order valence-electron chi connectivity index (χ1n) is 5.57. The van der Waals surface area contributed by atoms with Gasteiger partial charge in [-0.3, -0.25) is 0 Å². The second kappa shape index (κ2) is 5.94. The summed E-state index contributed by atoms with van der Waals surface area (Å²) in [5.41, 5.74) is 0. The second-order valence-corrected chi connectivity index (χ2v) is 5.06. The van der Waals surface area contributed by atoms with E-state index in [1.54, 1.807) is 0 Å². The SMILES string of the molecule is CC(C)OCCN1CCC(Cl)C(C)C1. The number of rotatable bonds is 4. The first kappa shape index (κ1) is 12.3. The van der Waals surface area contributed by atoms with Gasteiger partial charge in [-0.2, -0.15) is 0 Å². The van der Waals surface area contributed by atoms with Gasteiger partial charge in [0.2, 0.25) is 0 Å². The summed E-state index contributed by atoms with van der Waals surface area (Å²) in [6.45, 7) is 10.5. The van der Waals surface area contributed by atoms with Crippen LogP contribution in [0.15, 0.2) is 0 Å². The molecule has 1 aliphatic heterocycles. The smallest absolute Gasteiger partial charge is 0.0596 e. The molecule has 1 rings (SSSR count). The van der Waals surface area contributed by atoms with Crippen molar-refractivity contribution in [1.82, 2.24) is 4.90 Å². The lowest BCUT2D eigenvalue weighted by molar-refractivity contribution is 0.0504. The van der Waals surface area contributed by atoms with Gasteiger partial charge in [0.25, 0.3) is 0 Å². The molecule has 84 valence electrons. The molecule has 0 bridgehead atoms. The second-order valence-electron chi connectivity index (χ2n) is 4.50. The molecule has 0 radical (unpaired) electrons. The van der Waals surface area contributed by atoms with Crippen molar-refractivity contribution in [2.24, 2.45) is 5.92 Å². The average molecular weight is 220 g/mol. The Labute approximate surface area is 92.6 Å². The van der Waals surface area contributed by atoms with Crippen molar-refractivity contribution in [2.75, 3.05) is 26.2 Å². The van der Waals surface area contributed by atoms with Crippen molar-refractivity contribution in [2.45, 2.75) is 38.7 Å². The molecule has 1 saturated heterocycles. The molecule has 0 aromatic heterocycles. The third-order valence-corrected chi connectivity index (χ3v) is 3.39. The molecule has 2 nitrogen and oxygen atoms in total. The highest BCUT2D eigenvalue weighted by Crippen LogP contribution is 2.21. The Balaban J connectivity index is 2.13. The number of halogens is 1. The highest BCUT2D eigenvalue weighted by molar-refractivity contribution is 6.20. The van der Waals surface area contributed by atoms with E-state index in [0.29, 0.717) is 17.4 Å². The van der Waals surface area contributed by atoms with Gasteiger partial charge in [-0.1, -0.05) is 6.92 Å². The van der Waals surface area contributed by atoms with Crippen LogP contribution in [0.4, 0.5) is 0 Å². The van der Waals surface area contributed by atoms with Crippen LogP contribution in [0.25, 0.3) is 0 Å². The first-order valence-corrected chi connectivity index (χ1v) is 6.01. The van der Waals surface area contributed by atoms with Crippen LogP contribution in [0.3, 0.4) is 0 Å². The van der Waals surface area contributed by atoms with Crippen LogP contribution in [0.5, 0.6) is 0 Å². The monoisotopic (exact) mass is 219 g/mol. The molecule has 0 aromatic rings. The fourth-order valence-electron chi connectivity index (χ4n) is 1.82. The van der Waals surface area contributed by atoms with E-state index in [9.17, 15) is 0 Å². The maximum Gasteiger partial charge on any atom is 0.0596 e. The maximum atomic E-state index is 6.16. The van der Waals surface area contributed by atoms with E-state index in [1.807, 2.05) is 0 Å². The van der Waals surface area contributed by atoms with Crippen LogP contribution in [-0.4, -0.2) is 42.6 Å². The third-order valence-electron chi connectivity index (χ3n) is 2.74. The highest BCUT2D eigenvalue weighted by atomic mass is 35.5. The van der Waals surface area contributed by atoms with Crippen molar-refractivity contribution in [3.63, 3.8) is 0 Å². The van der Waals surface area contributed by atoms with Gasteiger partial charge in [0.15, 0.2) is 0 Å². The molecule has 14 heavy (non-hydrogen) atoms. The zero-order valence-electron chi connectivity index (χ0n) is 9.50. The molecule has 0 aliphatic carbocycles. The lowest BCUT2D eigenvalue weighted by Gasteiger charge is -2.34. The summed E-state index contributed by atoms with van der Waals surface area (Å²) in [6, 6.07) is 0. The minimum absolute atomic E-state index is 0.345. The predicted octanol–water partition coefficient (Wildman–Crippen LogP) is 2.36. The first-order chi connectivity index (χ1) is 6.59. The van der Waals surface area contributed by atoms with Crippen molar-refractivity contribution in [3.05, 3.63) is 0 Å². The van der Waals surface area contributed by atoms with Gasteiger partial charge in [0.1, 0.15) is 0 Å². The van der Waals surface area contributed by atoms with Gasteiger partial charge in [-0.25, -0.2) is 0 Å². The molecule has 2 atom stereocenters. The molecular formula is C11H22ClNO. The summed E-state index contributed by atoms with van der Waals surface area (Å²) in [5.74, 6) is 0.615. The molecule has 0 amide bonds. The number of hydrogen-bond acceptors (Lipinski definition) is 2. The summed E-state index contributed by atoms with van der Waals surface area (Å²) in [4.78, 5) is 2.45. The third kappa shape index (κ3) is 4.16. The summed E-state index contributed by atoms with van der Waals surface area (Å²) >= 11 is 6.16. The summed E-state index contributed by atoms with van der Waals surface area (Å²) in [5, 5.41) is 0.372. The van der Waals surface area contributed by atoms with Crippen LogP contribution in [0.1, 0.15) is 27.2 Å². The fourth-order valence-corrected chi connectivity index (χ4v) is 2.00. The standard InChI is InChI=1S/C11H22ClNO/c1-9(2)14-7-6-13-5-4-11(12)10(3)8-13/h9-11H,4-8H2,1-3H3. The topological polar surface area (TPSA) is 12.5 Å². The molecule has 0 aromatic carbocycles. The molecular weight excluding hydrogens is 198 g/mol. The number of ether oxygens (including phenoxy) is 1. The molecule has 0 saturated carbocycles. The van der Waals surface area contributed by atoms with E-state index >= 15 is 0 Å². The molecule has 3 heteroatoms. The number of piperidine rings is 1. The van der Waals surface area contributed by atoms with Crippen molar-refractivity contribution in [3.8, 4) is 0 Å². The Bertz CT molecular complexity index is 163. The average Bonchev–Trinajstić information content (AvgIpc) is 2.10. The highest BCUT2D eigenvalue weighted by Gasteiger charge is 2.23. The van der Waals surface area contributed by atoms with E-state index in [4.69, 9.17) is 16.3 Å². The Morgan fingerprint density at radius 3 is 2.79 bits per heavy atom. The van der Waals surface area contributed by atoms with Gasteiger partial charge in [-0.15, -0.1) is 11.6 Å². The number of nitrogens with zero attached hydrogens (tertiary/aromatic N) is 1. The fraction of sp³-hybridized carbons (Fsp3) is 1.00. The van der Waals surface area contributed by atoms with Crippen LogP contribution in [-0.2, 0) is 4.74 Å². The Morgan fingerprint density at radius 1 is 1.50 bits per heavy atom. The molecule has 0 spiro atoms. The molecule has 1 fully saturated rings. The van der Waals surface area contributed by atoms with Crippen LogP contribution in [0, 0.1) is 5.92 Å². The van der Waals surface area contributed by atoms with E-state index in [2.05, 4.69) is 25.7 Å². The van der Waals surface area contributed by atoms with Crippen molar-refractivity contribution in [1.29, 1.82) is 0 Å². The van der Waals surface area contributed by atoms with Crippen LogP contribution >= 0.6 is 11.6 Å². The van der Waals surface area contributed by atoms with Gasteiger partial charge in [0.05, 0.1) is 12.7 Å². The zero-order chi connectivity index (χ0) is 10.6. The maximum absolute atomic E-state index is 6.16. The number of likely N-dealkylation sites (tertiary alicyclic amines) is 1. The molecule has 1 heterocycles. The Hall–Kier alpha value is 0.210. The van der Waals surface area contributed by atoms with Crippen LogP contribution < -0.4 is 0 Å². The predicted molar refractivity (Wildman–Crippen MR) is 61.0 cm³/mol. The van der Waals surface area contributed by atoms with Crippen LogP contribution in [0.2, 0.25) is 0 Å². The summed E-state index contributed by atoms with van der Waals surface area (Å²) in [7, 11) is 0. The lowest BCUT2D eigenvalue weighted by atomic mass is 10.00. The number of alkyl halides is 1. The van der Waals surface area contributed by atoms with Gasteiger partial charge < -0.3 is 9.64 Å². The Morgan fingerprint density at radius 2 is 2.21 bits per heavy atom. The lowest BCUT2D eigenvalue weighted by Crippen LogP contribution is -2.41. The minimum atomic E-state index is 0.345. The van der Waals surface area contributed by atoms with Crippen molar-refractivity contribution >= 4 is 11.6 Å². The van der Waals surface area contributed by atoms with Gasteiger partial charge in [0, 0.05) is 18.5 Å². The number of hydrogen-bond donors (Lipinski definition) is 0. The van der Waals surface area contributed by atoms with E-state index in [0.717, 1.165) is 32.7 Å². The van der Waals surface area contributed by atoms with Gasteiger partial charge in [-0.05, 0) is 32.7 Å². The van der Waals surface area contributed by atoms with Gasteiger partial charge >= 0.3 is 0 Å². The van der Waals surface area contributed by atoms with E-state index in [1.165, 1.54) is 0 Å². The quantitative estimate of drug-likeness (QED) is 0.674. The summed E-state index contributed by atoms with van der Waals surface area (Å²) in [6.07, 6.45) is 1.46. The summed E-state index contributed by atoms with van der Waals surface area (Å²) < 4.78 is 5.53.